The third-order valence-electron chi connectivity index (χ3n) is 4.60. The molecule has 2 aromatic carbocycles. The fourth-order valence-corrected chi connectivity index (χ4v) is 3.62. The van der Waals surface area contributed by atoms with Crippen LogP contribution in [0.25, 0.3) is 11.4 Å². The molecule has 2 N–H and O–H groups in total. The number of halogens is 6. The zero-order valence-electron chi connectivity index (χ0n) is 15.7. The molecule has 1 heterocycles. The summed E-state index contributed by atoms with van der Waals surface area (Å²) in [6.07, 6.45) is -8.93. The van der Waals surface area contributed by atoms with E-state index in [4.69, 9.17) is 5.14 Å². The van der Waals surface area contributed by atoms with Crippen LogP contribution in [0.15, 0.2) is 59.6 Å². The zero-order valence-corrected chi connectivity index (χ0v) is 16.6. The smallest absolute Gasteiger partial charge is 0.323 e. The van der Waals surface area contributed by atoms with Gasteiger partial charge in [-0.2, -0.15) is 26.3 Å². The molecule has 0 amide bonds. The van der Waals surface area contributed by atoms with Gasteiger partial charge >= 0.3 is 12.4 Å². The molecule has 0 aliphatic heterocycles. The lowest BCUT2D eigenvalue weighted by Crippen LogP contribution is -2.15. The number of hydrogen-bond donors (Lipinski definition) is 1. The summed E-state index contributed by atoms with van der Waals surface area (Å²) < 4.78 is 104. The minimum atomic E-state index is -4.84. The Hall–Kier alpha value is -2.86. The van der Waals surface area contributed by atoms with E-state index in [1.54, 1.807) is 0 Å². The van der Waals surface area contributed by atoms with E-state index in [9.17, 15) is 34.8 Å². The second-order valence-electron chi connectivity index (χ2n) is 6.69. The standard InChI is InChI=1S/C19H15F6N3O2S/c1-11(14-4-2-3-5-15(14)18(20,21)22)28-10-16(19(23,24)25)27-17(28)12-6-8-13(9-7-12)31(26,29)30/h2-11H,1H3,(H2,26,29,30). The molecular weight excluding hydrogens is 448 g/mol. The minimum Gasteiger partial charge on any atom is -0.323 e. The summed E-state index contributed by atoms with van der Waals surface area (Å²) >= 11 is 0. The lowest BCUT2D eigenvalue weighted by atomic mass is 10.0. The maximum Gasteiger partial charge on any atom is 0.434 e. The van der Waals surface area contributed by atoms with Crippen molar-refractivity contribution in [3.63, 3.8) is 0 Å². The van der Waals surface area contributed by atoms with Gasteiger partial charge in [0.25, 0.3) is 0 Å². The van der Waals surface area contributed by atoms with Gasteiger partial charge in [0.15, 0.2) is 5.69 Å². The van der Waals surface area contributed by atoms with E-state index in [0.717, 1.165) is 22.8 Å². The molecule has 0 fully saturated rings. The van der Waals surface area contributed by atoms with E-state index < -0.39 is 39.7 Å². The van der Waals surface area contributed by atoms with Crippen molar-refractivity contribution in [2.45, 2.75) is 30.2 Å². The molecule has 1 aromatic heterocycles. The molecule has 0 spiro atoms. The number of rotatable bonds is 4. The van der Waals surface area contributed by atoms with Gasteiger partial charge in [-0.15, -0.1) is 0 Å². The van der Waals surface area contributed by atoms with Crippen molar-refractivity contribution in [1.82, 2.24) is 9.55 Å². The van der Waals surface area contributed by atoms with Crippen LogP contribution in [0.3, 0.4) is 0 Å². The maximum atomic E-state index is 13.4. The molecule has 0 aliphatic rings. The molecule has 1 unspecified atom stereocenters. The first-order chi connectivity index (χ1) is 14.2. The van der Waals surface area contributed by atoms with E-state index in [-0.39, 0.29) is 21.8 Å². The Labute approximate surface area is 173 Å². The van der Waals surface area contributed by atoms with E-state index in [2.05, 4.69) is 4.98 Å². The molecule has 5 nitrogen and oxygen atoms in total. The van der Waals surface area contributed by atoms with Gasteiger partial charge in [0.05, 0.1) is 16.5 Å². The topological polar surface area (TPSA) is 78.0 Å². The summed E-state index contributed by atoms with van der Waals surface area (Å²) in [5.41, 5.74) is -2.46. The molecule has 3 aromatic rings. The molecule has 0 aliphatic carbocycles. The van der Waals surface area contributed by atoms with Crippen LogP contribution in [0.2, 0.25) is 0 Å². The summed E-state index contributed by atoms with van der Waals surface area (Å²) in [6.45, 7) is 1.31. The van der Waals surface area contributed by atoms with Gasteiger partial charge < -0.3 is 4.57 Å². The van der Waals surface area contributed by atoms with E-state index in [0.29, 0.717) is 6.20 Å². The van der Waals surface area contributed by atoms with Gasteiger partial charge in [0.2, 0.25) is 10.0 Å². The number of nitrogens with two attached hydrogens (primary N) is 1. The normalized spacial score (nSPS) is 13.9. The first-order valence-electron chi connectivity index (χ1n) is 8.65. The van der Waals surface area contributed by atoms with Crippen molar-refractivity contribution in [1.29, 1.82) is 0 Å². The van der Waals surface area contributed by atoms with Crippen LogP contribution in [-0.4, -0.2) is 18.0 Å². The SMILES string of the molecule is CC(c1ccccc1C(F)(F)F)n1cc(C(F)(F)F)nc1-c1ccc(S(N)(=O)=O)cc1. The zero-order chi connectivity index (χ0) is 23.2. The molecule has 0 saturated carbocycles. The minimum absolute atomic E-state index is 0.0687. The van der Waals surface area contributed by atoms with Crippen LogP contribution in [0.4, 0.5) is 26.3 Å². The average Bonchev–Trinajstić information content (AvgIpc) is 3.12. The third-order valence-corrected chi connectivity index (χ3v) is 5.53. The van der Waals surface area contributed by atoms with Crippen LogP contribution < -0.4 is 5.14 Å². The number of nitrogens with zero attached hydrogens (tertiary/aromatic N) is 2. The summed E-state index contributed by atoms with van der Waals surface area (Å²) in [7, 11) is -4.04. The highest BCUT2D eigenvalue weighted by atomic mass is 32.2. The number of imidazole rings is 1. The van der Waals surface area contributed by atoms with Gasteiger partial charge in [0, 0.05) is 11.8 Å². The van der Waals surface area contributed by atoms with Crippen molar-refractivity contribution in [2.24, 2.45) is 5.14 Å². The van der Waals surface area contributed by atoms with E-state index in [1.807, 2.05) is 0 Å². The second-order valence-corrected chi connectivity index (χ2v) is 8.25. The van der Waals surface area contributed by atoms with Gasteiger partial charge in [-0.1, -0.05) is 18.2 Å². The first kappa shape index (κ1) is 22.8. The monoisotopic (exact) mass is 463 g/mol. The van der Waals surface area contributed by atoms with Gasteiger partial charge in [-0.05, 0) is 42.8 Å². The fourth-order valence-electron chi connectivity index (χ4n) is 3.10. The Kier molecular flexibility index (Phi) is 5.65. The fraction of sp³-hybridized carbons (Fsp3) is 0.211. The number of alkyl halides is 6. The number of hydrogen-bond acceptors (Lipinski definition) is 3. The average molecular weight is 463 g/mol. The van der Waals surface area contributed by atoms with Gasteiger partial charge in [-0.25, -0.2) is 18.5 Å². The molecule has 0 saturated heterocycles. The highest BCUT2D eigenvalue weighted by molar-refractivity contribution is 7.89. The molecule has 3 rings (SSSR count). The molecule has 1 atom stereocenters. The van der Waals surface area contributed by atoms with Gasteiger partial charge in [0.1, 0.15) is 5.82 Å². The van der Waals surface area contributed by atoms with Crippen LogP contribution in [0, 0.1) is 0 Å². The number of sulfonamides is 1. The highest BCUT2D eigenvalue weighted by Crippen LogP contribution is 2.38. The predicted molar refractivity (Wildman–Crippen MR) is 99.3 cm³/mol. The van der Waals surface area contributed by atoms with E-state index >= 15 is 0 Å². The Balaban J connectivity index is 2.19. The van der Waals surface area contributed by atoms with Crippen molar-refractivity contribution >= 4 is 10.0 Å². The van der Waals surface area contributed by atoms with Crippen molar-refractivity contribution in [2.75, 3.05) is 0 Å². The predicted octanol–water partition coefficient (Wildman–Crippen LogP) is 4.84. The summed E-state index contributed by atoms with van der Waals surface area (Å²) in [6, 6.07) is 7.89. The summed E-state index contributed by atoms with van der Waals surface area (Å²) in [5.74, 6) is -0.280. The Morgan fingerprint density at radius 2 is 1.52 bits per heavy atom. The third kappa shape index (κ3) is 4.74. The summed E-state index contributed by atoms with van der Waals surface area (Å²) in [4.78, 5) is 3.28. The largest absolute Gasteiger partial charge is 0.434 e. The van der Waals surface area contributed by atoms with Crippen molar-refractivity contribution in [3.05, 3.63) is 71.5 Å². The quantitative estimate of drug-likeness (QED) is 0.563. The first-order valence-corrected chi connectivity index (χ1v) is 10.2. The van der Waals surface area contributed by atoms with Crippen LogP contribution in [-0.2, 0) is 22.4 Å². The molecule has 12 heteroatoms. The van der Waals surface area contributed by atoms with Crippen LogP contribution in [0.5, 0.6) is 0 Å². The maximum absolute atomic E-state index is 13.4. The Bertz CT molecular complexity index is 1200. The molecule has 31 heavy (non-hydrogen) atoms. The summed E-state index contributed by atoms with van der Waals surface area (Å²) in [5, 5.41) is 5.01. The lowest BCUT2D eigenvalue weighted by Gasteiger charge is -2.21. The second kappa shape index (κ2) is 7.68. The Morgan fingerprint density at radius 1 is 0.935 bits per heavy atom. The molecule has 166 valence electrons. The van der Waals surface area contributed by atoms with Crippen molar-refractivity contribution in [3.8, 4) is 11.4 Å². The highest BCUT2D eigenvalue weighted by Gasteiger charge is 2.38. The number of primary sulfonamides is 1. The molecular formula is C19H15F6N3O2S. The van der Waals surface area contributed by atoms with Crippen LogP contribution in [0.1, 0.15) is 29.8 Å². The lowest BCUT2D eigenvalue weighted by molar-refractivity contribution is -0.141. The van der Waals surface area contributed by atoms with Crippen molar-refractivity contribution < 1.29 is 34.8 Å². The molecule has 0 radical (unpaired) electrons. The Morgan fingerprint density at radius 3 is 2.03 bits per heavy atom. The van der Waals surface area contributed by atoms with Crippen LogP contribution >= 0.6 is 0 Å². The molecule has 0 bridgehead atoms. The van der Waals surface area contributed by atoms with Gasteiger partial charge in [-0.3, -0.25) is 0 Å². The number of benzene rings is 2. The van der Waals surface area contributed by atoms with E-state index in [1.165, 1.54) is 37.3 Å². The number of aromatic nitrogens is 2.